The molecule has 0 saturated heterocycles. The van der Waals surface area contributed by atoms with E-state index in [1.807, 2.05) is 55.7 Å². The van der Waals surface area contributed by atoms with Crippen LogP contribution < -0.4 is 5.32 Å². The van der Waals surface area contributed by atoms with E-state index in [4.69, 9.17) is 9.15 Å². The third-order valence-electron chi connectivity index (χ3n) is 5.01. The smallest absolute Gasteiger partial charge is 0.316 e. The molecule has 0 spiro atoms. The van der Waals surface area contributed by atoms with Crippen LogP contribution in [0, 0.1) is 13.8 Å². The van der Waals surface area contributed by atoms with Gasteiger partial charge in [0.05, 0.1) is 34.8 Å². The van der Waals surface area contributed by atoms with Crippen molar-refractivity contribution in [1.29, 1.82) is 0 Å². The van der Waals surface area contributed by atoms with E-state index in [2.05, 4.69) is 20.6 Å². The predicted octanol–water partition coefficient (Wildman–Crippen LogP) is 3.63. The highest BCUT2D eigenvalue weighted by molar-refractivity contribution is 7.99. The summed E-state index contributed by atoms with van der Waals surface area (Å²) in [6, 6.07) is 13.2. The van der Waals surface area contributed by atoms with Crippen LogP contribution in [0.15, 0.2) is 58.3 Å². The third-order valence-corrected chi connectivity index (χ3v) is 5.95. The second kappa shape index (κ2) is 10.4. The molecular weight excluding hydrogens is 456 g/mol. The number of carbonyl (C=O) groups excluding carboxylic acids is 2. The number of amides is 1. The Balaban J connectivity index is 1.31. The van der Waals surface area contributed by atoms with Crippen LogP contribution in [0.4, 0.5) is 5.69 Å². The summed E-state index contributed by atoms with van der Waals surface area (Å²) in [5.74, 6) is 0.215. The molecule has 0 saturated carbocycles. The molecule has 0 fully saturated rings. The zero-order valence-electron chi connectivity index (χ0n) is 19.0. The molecule has 0 aliphatic carbocycles. The van der Waals surface area contributed by atoms with Gasteiger partial charge in [-0.3, -0.25) is 14.2 Å². The molecule has 4 aromatic rings. The largest absolute Gasteiger partial charge is 0.461 e. The number of para-hydroxylation sites is 1. The summed E-state index contributed by atoms with van der Waals surface area (Å²) in [6.45, 7) is 5.84. The molecule has 3 aromatic heterocycles. The number of esters is 1. The SMILES string of the molecule is CCn1c(SCC(=O)OCC(=O)Nc2c(C)nn(-c3ccccc3)c2C)nnc1-c1ccco1. The van der Waals surface area contributed by atoms with Gasteiger partial charge < -0.3 is 14.5 Å². The van der Waals surface area contributed by atoms with Gasteiger partial charge in [-0.15, -0.1) is 10.2 Å². The van der Waals surface area contributed by atoms with E-state index in [1.54, 1.807) is 23.1 Å². The number of aromatic nitrogens is 5. The summed E-state index contributed by atoms with van der Waals surface area (Å²) in [5, 5.41) is 16.1. The van der Waals surface area contributed by atoms with E-state index in [9.17, 15) is 9.59 Å². The van der Waals surface area contributed by atoms with E-state index < -0.39 is 18.5 Å². The number of hydrogen-bond acceptors (Lipinski definition) is 8. The van der Waals surface area contributed by atoms with Gasteiger partial charge in [-0.25, -0.2) is 4.68 Å². The van der Waals surface area contributed by atoms with Crippen LogP contribution in [0.2, 0.25) is 0 Å². The summed E-state index contributed by atoms with van der Waals surface area (Å²) < 4.78 is 14.1. The van der Waals surface area contributed by atoms with Crippen LogP contribution in [-0.2, 0) is 20.9 Å². The lowest BCUT2D eigenvalue weighted by molar-refractivity contribution is -0.144. The van der Waals surface area contributed by atoms with Crippen molar-refractivity contribution in [2.24, 2.45) is 0 Å². The normalized spacial score (nSPS) is 10.9. The van der Waals surface area contributed by atoms with E-state index >= 15 is 0 Å². The second-order valence-corrected chi connectivity index (χ2v) is 8.26. The molecule has 0 radical (unpaired) electrons. The average molecular weight is 481 g/mol. The van der Waals surface area contributed by atoms with Crippen molar-refractivity contribution in [2.75, 3.05) is 17.7 Å². The minimum Gasteiger partial charge on any atom is -0.461 e. The number of carbonyl (C=O) groups is 2. The Bertz CT molecular complexity index is 1280. The first-order valence-electron chi connectivity index (χ1n) is 10.6. The summed E-state index contributed by atoms with van der Waals surface area (Å²) in [5.41, 5.74) is 2.94. The number of nitrogens with one attached hydrogen (secondary N) is 1. The molecule has 176 valence electrons. The van der Waals surface area contributed by atoms with Crippen molar-refractivity contribution >= 4 is 29.3 Å². The van der Waals surface area contributed by atoms with E-state index in [0.717, 1.165) is 11.4 Å². The highest BCUT2D eigenvalue weighted by Gasteiger charge is 2.18. The molecule has 1 amide bonds. The number of nitrogens with zero attached hydrogens (tertiary/aromatic N) is 5. The summed E-state index contributed by atoms with van der Waals surface area (Å²) in [4.78, 5) is 24.6. The molecule has 0 atom stereocenters. The number of benzene rings is 1. The maximum atomic E-state index is 12.4. The Hall–Kier alpha value is -3.86. The Kier molecular flexibility index (Phi) is 7.12. The first-order valence-corrected chi connectivity index (χ1v) is 11.6. The van der Waals surface area contributed by atoms with E-state index in [-0.39, 0.29) is 5.75 Å². The fourth-order valence-corrected chi connectivity index (χ4v) is 4.20. The standard InChI is InChI=1S/C23H24N6O4S/c1-4-28-22(18-11-8-12-32-18)25-26-23(28)34-14-20(31)33-13-19(30)24-21-15(2)27-29(16(21)3)17-9-6-5-7-10-17/h5-12H,4,13-14H2,1-3H3,(H,24,30). The minimum atomic E-state index is -0.529. The summed E-state index contributed by atoms with van der Waals surface area (Å²) in [6.07, 6.45) is 1.56. The van der Waals surface area contributed by atoms with Gasteiger partial charge in [-0.2, -0.15) is 5.10 Å². The second-order valence-electron chi connectivity index (χ2n) is 7.32. The topological polar surface area (TPSA) is 117 Å². The van der Waals surface area contributed by atoms with Crippen molar-refractivity contribution in [2.45, 2.75) is 32.5 Å². The number of ether oxygens (including phenoxy) is 1. The molecule has 1 aromatic carbocycles. The van der Waals surface area contributed by atoms with Crippen molar-refractivity contribution < 1.29 is 18.7 Å². The Labute approximate surface area is 200 Å². The number of anilines is 1. The Morgan fingerprint density at radius 3 is 2.62 bits per heavy atom. The van der Waals surface area contributed by atoms with Gasteiger partial charge in [0, 0.05) is 6.54 Å². The maximum absolute atomic E-state index is 12.4. The van der Waals surface area contributed by atoms with Gasteiger partial charge >= 0.3 is 5.97 Å². The average Bonchev–Trinajstić information content (AvgIpc) is 3.57. The monoisotopic (exact) mass is 480 g/mol. The van der Waals surface area contributed by atoms with Gasteiger partial charge in [-0.05, 0) is 45.0 Å². The number of furan rings is 1. The van der Waals surface area contributed by atoms with Crippen molar-refractivity contribution in [3.63, 3.8) is 0 Å². The molecule has 0 bridgehead atoms. The summed E-state index contributed by atoms with van der Waals surface area (Å²) >= 11 is 1.19. The Morgan fingerprint density at radius 1 is 1.12 bits per heavy atom. The van der Waals surface area contributed by atoms with Crippen LogP contribution in [-0.4, -0.2) is 48.8 Å². The third kappa shape index (κ3) is 5.04. The van der Waals surface area contributed by atoms with Crippen molar-refractivity contribution in [3.05, 3.63) is 60.1 Å². The quantitative estimate of drug-likeness (QED) is 0.285. The molecule has 34 heavy (non-hydrogen) atoms. The van der Waals surface area contributed by atoms with Gasteiger partial charge in [0.15, 0.2) is 23.3 Å². The Morgan fingerprint density at radius 2 is 1.91 bits per heavy atom. The van der Waals surface area contributed by atoms with Crippen LogP contribution >= 0.6 is 11.8 Å². The van der Waals surface area contributed by atoms with Crippen LogP contribution in [0.3, 0.4) is 0 Å². The first kappa shape index (κ1) is 23.3. The molecule has 0 aliphatic heterocycles. The molecule has 3 heterocycles. The number of rotatable bonds is 9. The van der Waals surface area contributed by atoms with Crippen molar-refractivity contribution in [3.8, 4) is 17.3 Å². The van der Waals surface area contributed by atoms with E-state index in [0.29, 0.717) is 34.7 Å². The predicted molar refractivity (Wildman–Crippen MR) is 127 cm³/mol. The molecule has 0 unspecified atom stereocenters. The zero-order chi connectivity index (χ0) is 24.1. The van der Waals surface area contributed by atoms with E-state index in [1.165, 1.54) is 11.8 Å². The zero-order valence-corrected chi connectivity index (χ0v) is 19.8. The fraction of sp³-hybridized carbons (Fsp3) is 0.261. The number of aryl methyl sites for hydroxylation is 1. The highest BCUT2D eigenvalue weighted by atomic mass is 32.2. The fourth-order valence-electron chi connectivity index (χ4n) is 3.40. The first-order chi connectivity index (χ1) is 16.5. The number of hydrogen-bond donors (Lipinski definition) is 1. The lowest BCUT2D eigenvalue weighted by Gasteiger charge is -2.08. The minimum absolute atomic E-state index is 0.00639. The van der Waals surface area contributed by atoms with Crippen LogP contribution in [0.1, 0.15) is 18.3 Å². The molecule has 11 heteroatoms. The lowest BCUT2D eigenvalue weighted by atomic mass is 10.3. The number of thioether (sulfide) groups is 1. The van der Waals surface area contributed by atoms with Gasteiger partial charge in [0.1, 0.15) is 0 Å². The molecule has 0 aliphatic rings. The lowest BCUT2D eigenvalue weighted by Crippen LogP contribution is -2.22. The van der Waals surface area contributed by atoms with Crippen LogP contribution in [0.25, 0.3) is 17.3 Å². The van der Waals surface area contributed by atoms with Gasteiger partial charge in [0.25, 0.3) is 5.91 Å². The molecular formula is C23H24N6O4S. The van der Waals surface area contributed by atoms with Gasteiger partial charge in [-0.1, -0.05) is 30.0 Å². The molecule has 4 rings (SSSR count). The van der Waals surface area contributed by atoms with Crippen LogP contribution in [0.5, 0.6) is 0 Å². The summed E-state index contributed by atoms with van der Waals surface area (Å²) in [7, 11) is 0. The maximum Gasteiger partial charge on any atom is 0.316 e. The highest BCUT2D eigenvalue weighted by Crippen LogP contribution is 2.25. The molecule has 10 nitrogen and oxygen atoms in total. The van der Waals surface area contributed by atoms with Crippen molar-refractivity contribution in [1.82, 2.24) is 24.5 Å². The van der Waals surface area contributed by atoms with Gasteiger partial charge in [0.2, 0.25) is 0 Å². The molecule has 1 N–H and O–H groups in total.